The normalized spacial score (nSPS) is 11.0. The van der Waals surface area contributed by atoms with Crippen molar-refractivity contribution < 1.29 is 0 Å². The Bertz CT molecular complexity index is 623. The van der Waals surface area contributed by atoms with E-state index in [4.69, 9.17) is 4.98 Å². The van der Waals surface area contributed by atoms with Crippen LogP contribution in [0.3, 0.4) is 0 Å². The summed E-state index contributed by atoms with van der Waals surface area (Å²) in [4.78, 5) is 9.40. The van der Waals surface area contributed by atoms with Crippen LogP contribution in [0.5, 0.6) is 0 Å². The van der Waals surface area contributed by atoms with Gasteiger partial charge in [0.1, 0.15) is 11.6 Å². The minimum absolute atomic E-state index is 0.357. The molecule has 0 aliphatic rings. The van der Waals surface area contributed by atoms with Gasteiger partial charge < -0.3 is 5.32 Å². The number of rotatable bonds is 5. The van der Waals surface area contributed by atoms with E-state index in [1.807, 2.05) is 0 Å². The third-order valence-electron chi connectivity index (χ3n) is 3.26. The first-order valence-corrected chi connectivity index (χ1v) is 8.16. The molecule has 2 aromatic rings. The van der Waals surface area contributed by atoms with Crippen LogP contribution in [0.1, 0.15) is 49.3 Å². The van der Waals surface area contributed by atoms with E-state index < -0.39 is 0 Å². The fraction of sp³-hybridized carbons (Fsp3) is 0.412. The van der Waals surface area contributed by atoms with Crippen molar-refractivity contribution in [2.45, 2.75) is 40.0 Å². The van der Waals surface area contributed by atoms with E-state index in [-0.39, 0.29) is 0 Å². The molecule has 1 aromatic heterocycles. The fourth-order valence-corrected chi connectivity index (χ4v) is 3.04. The highest BCUT2D eigenvalue weighted by Gasteiger charge is 2.14. The Hall–Kier alpha value is -1.42. The highest BCUT2D eigenvalue weighted by atomic mass is 79.9. The van der Waals surface area contributed by atoms with Gasteiger partial charge in [-0.3, -0.25) is 0 Å². The summed E-state index contributed by atoms with van der Waals surface area (Å²) in [6.07, 6.45) is 0.757. The molecule has 2 rings (SSSR count). The van der Waals surface area contributed by atoms with Gasteiger partial charge in [-0.1, -0.05) is 43.7 Å². The predicted octanol–water partition coefficient (Wildman–Crippen LogP) is 4.69. The zero-order valence-corrected chi connectivity index (χ0v) is 14.7. The van der Waals surface area contributed by atoms with Crippen LogP contribution >= 0.6 is 15.9 Å². The van der Waals surface area contributed by atoms with Crippen molar-refractivity contribution in [1.29, 1.82) is 0 Å². The van der Waals surface area contributed by atoms with Crippen LogP contribution in [0, 0.1) is 6.92 Å². The molecule has 0 radical (unpaired) electrons. The second-order valence-corrected chi connectivity index (χ2v) is 6.33. The lowest BCUT2D eigenvalue weighted by atomic mass is 10.1. The first kappa shape index (κ1) is 16.0. The SMILES string of the molecule is CCNc1nc(Cc2cccc(C)c2)nc(C(C)C)c1Br. The average molecular weight is 348 g/mol. The number of halogens is 1. The lowest BCUT2D eigenvalue weighted by molar-refractivity contribution is 0.784. The standard InChI is InChI=1S/C17H22BrN3/c1-5-19-17-15(18)16(11(2)3)20-14(21-17)10-13-8-6-7-12(4)9-13/h6-9,11H,5,10H2,1-4H3,(H,19,20,21). The summed E-state index contributed by atoms with van der Waals surface area (Å²) in [5.74, 6) is 2.11. The zero-order valence-electron chi connectivity index (χ0n) is 13.1. The number of aryl methyl sites for hydroxylation is 1. The zero-order chi connectivity index (χ0) is 15.4. The van der Waals surface area contributed by atoms with Gasteiger partial charge in [-0.2, -0.15) is 0 Å². The lowest BCUT2D eigenvalue weighted by Gasteiger charge is -2.14. The molecule has 0 atom stereocenters. The number of hydrogen-bond donors (Lipinski definition) is 1. The highest BCUT2D eigenvalue weighted by molar-refractivity contribution is 9.10. The minimum Gasteiger partial charge on any atom is -0.369 e. The fourth-order valence-electron chi connectivity index (χ4n) is 2.26. The molecule has 0 amide bonds. The molecule has 0 saturated carbocycles. The Labute approximate surface area is 135 Å². The van der Waals surface area contributed by atoms with Gasteiger partial charge >= 0.3 is 0 Å². The van der Waals surface area contributed by atoms with Gasteiger partial charge in [-0.25, -0.2) is 9.97 Å². The van der Waals surface area contributed by atoms with Crippen molar-refractivity contribution in [3.63, 3.8) is 0 Å². The number of aromatic nitrogens is 2. The van der Waals surface area contributed by atoms with Crippen LogP contribution in [0.2, 0.25) is 0 Å². The Morgan fingerprint density at radius 2 is 2.00 bits per heavy atom. The first-order valence-electron chi connectivity index (χ1n) is 7.37. The molecule has 112 valence electrons. The van der Waals surface area contributed by atoms with Crippen molar-refractivity contribution in [3.05, 3.63) is 51.4 Å². The third-order valence-corrected chi connectivity index (χ3v) is 4.04. The minimum atomic E-state index is 0.357. The summed E-state index contributed by atoms with van der Waals surface area (Å²) in [6.45, 7) is 9.33. The monoisotopic (exact) mass is 347 g/mol. The van der Waals surface area contributed by atoms with Gasteiger partial charge in [0.2, 0.25) is 0 Å². The van der Waals surface area contributed by atoms with E-state index in [1.54, 1.807) is 0 Å². The van der Waals surface area contributed by atoms with Crippen LogP contribution in [-0.4, -0.2) is 16.5 Å². The second kappa shape index (κ2) is 7.03. The average Bonchev–Trinajstić information content (AvgIpc) is 2.42. The van der Waals surface area contributed by atoms with E-state index in [0.29, 0.717) is 5.92 Å². The Morgan fingerprint density at radius 3 is 2.62 bits per heavy atom. The molecule has 0 saturated heterocycles. The number of benzene rings is 1. The van der Waals surface area contributed by atoms with Crippen molar-refractivity contribution in [3.8, 4) is 0 Å². The molecule has 1 N–H and O–H groups in total. The van der Waals surface area contributed by atoms with Gasteiger partial charge in [-0.15, -0.1) is 0 Å². The first-order chi connectivity index (χ1) is 10.0. The second-order valence-electron chi connectivity index (χ2n) is 5.54. The summed E-state index contributed by atoms with van der Waals surface area (Å²) < 4.78 is 0.979. The molecule has 4 heteroatoms. The van der Waals surface area contributed by atoms with Crippen molar-refractivity contribution in [2.75, 3.05) is 11.9 Å². The summed E-state index contributed by atoms with van der Waals surface area (Å²) in [6, 6.07) is 8.50. The number of anilines is 1. The third kappa shape index (κ3) is 4.03. The maximum atomic E-state index is 4.74. The number of nitrogens with zero attached hydrogens (tertiary/aromatic N) is 2. The molecule has 0 aliphatic carbocycles. The van der Waals surface area contributed by atoms with Gasteiger partial charge in [0.15, 0.2) is 0 Å². The molecule has 1 heterocycles. The molecule has 0 bridgehead atoms. The topological polar surface area (TPSA) is 37.8 Å². The van der Waals surface area contributed by atoms with Gasteiger partial charge in [0, 0.05) is 13.0 Å². The van der Waals surface area contributed by atoms with Gasteiger partial charge in [0.25, 0.3) is 0 Å². The summed E-state index contributed by atoms with van der Waals surface area (Å²) in [7, 11) is 0. The Balaban J connectivity index is 2.39. The summed E-state index contributed by atoms with van der Waals surface area (Å²) in [5, 5.41) is 3.31. The van der Waals surface area contributed by atoms with E-state index in [1.165, 1.54) is 11.1 Å². The van der Waals surface area contributed by atoms with Gasteiger partial charge in [-0.05, 0) is 41.3 Å². The Kier molecular flexibility index (Phi) is 5.34. The number of nitrogens with one attached hydrogen (secondary N) is 1. The maximum Gasteiger partial charge on any atom is 0.144 e. The molecule has 3 nitrogen and oxygen atoms in total. The molecule has 21 heavy (non-hydrogen) atoms. The predicted molar refractivity (Wildman–Crippen MR) is 92.0 cm³/mol. The van der Waals surface area contributed by atoms with Gasteiger partial charge in [0.05, 0.1) is 10.2 Å². The van der Waals surface area contributed by atoms with E-state index in [9.17, 15) is 0 Å². The molecule has 1 aromatic carbocycles. The Morgan fingerprint density at radius 1 is 1.24 bits per heavy atom. The smallest absolute Gasteiger partial charge is 0.144 e. The van der Waals surface area contributed by atoms with Crippen molar-refractivity contribution in [2.24, 2.45) is 0 Å². The summed E-state index contributed by atoms with van der Waals surface area (Å²) >= 11 is 3.63. The van der Waals surface area contributed by atoms with Crippen LogP contribution in [-0.2, 0) is 6.42 Å². The quantitative estimate of drug-likeness (QED) is 0.852. The molecular formula is C17H22BrN3. The van der Waals surface area contributed by atoms with Crippen molar-refractivity contribution in [1.82, 2.24) is 9.97 Å². The number of hydrogen-bond acceptors (Lipinski definition) is 3. The highest BCUT2D eigenvalue weighted by Crippen LogP contribution is 2.29. The maximum absolute atomic E-state index is 4.74. The van der Waals surface area contributed by atoms with E-state index in [2.05, 4.69) is 78.2 Å². The van der Waals surface area contributed by atoms with E-state index in [0.717, 1.165) is 34.8 Å². The molecular weight excluding hydrogens is 326 g/mol. The van der Waals surface area contributed by atoms with Crippen LogP contribution < -0.4 is 5.32 Å². The van der Waals surface area contributed by atoms with E-state index >= 15 is 0 Å². The van der Waals surface area contributed by atoms with Crippen LogP contribution in [0.15, 0.2) is 28.7 Å². The van der Waals surface area contributed by atoms with Crippen molar-refractivity contribution >= 4 is 21.7 Å². The largest absolute Gasteiger partial charge is 0.369 e. The molecule has 0 aliphatic heterocycles. The summed E-state index contributed by atoms with van der Waals surface area (Å²) in [5.41, 5.74) is 3.57. The van der Waals surface area contributed by atoms with Crippen LogP contribution in [0.25, 0.3) is 0 Å². The molecule has 0 spiro atoms. The molecule has 0 unspecified atom stereocenters. The lowest BCUT2D eigenvalue weighted by Crippen LogP contribution is -2.09. The molecule has 0 fully saturated rings. The van der Waals surface area contributed by atoms with Crippen LogP contribution in [0.4, 0.5) is 5.82 Å².